The lowest BCUT2D eigenvalue weighted by molar-refractivity contribution is 0.190. The van der Waals surface area contributed by atoms with Crippen LogP contribution in [0.4, 0.5) is 4.39 Å². The van der Waals surface area contributed by atoms with Gasteiger partial charge in [-0.05, 0) is 31.9 Å². The van der Waals surface area contributed by atoms with Gasteiger partial charge < -0.3 is 9.84 Å². The summed E-state index contributed by atoms with van der Waals surface area (Å²) in [4.78, 5) is 0. The van der Waals surface area contributed by atoms with Gasteiger partial charge in [0.1, 0.15) is 11.6 Å². The average molecular weight is 237 g/mol. The molecule has 0 aliphatic carbocycles. The van der Waals surface area contributed by atoms with E-state index >= 15 is 0 Å². The Labute approximate surface area is 100 Å². The maximum Gasteiger partial charge on any atom is 0.127 e. The van der Waals surface area contributed by atoms with Crippen LogP contribution in [0.25, 0.3) is 0 Å². The maximum absolute atomic E-state index is 13.0. The molecule has 92 valence electrons. The summed E-state index contributed by atoms with van der Waals surface area (Å²) in [5.41, 5.74) is 0.576. The predicted molar refractivity (Wildman–Crippen MR) is 62.0 cm³/mol. The molecule has 0 saturated heterocycles. The van der Waals surface area contributed by atoms with Crippen molar-refractivity contribution < 1.29 is 14.2 Å². The van der Waals surface area contributed by atoms with Gasteiger partial charge in [0, 0.05) is 18.1 Å². The van der Waals surface area contributed by atoms with E-state index in [9.17, 15) is 9.50 Å². The normalized spacial score (nSPS) is 11.9. The Kier molecular flexibility index (Phi) is 5.44. The third kappa shape index (κ3) is 4.41. The monoisotopic (exact) mass is 237 g/mol. The summed E-state index contributed by atoms with van der Waals surface area (Å²) in [7, 11) is 0. The number of aliphatic hydroxyl groups excluding tert-OH is 1. The van der Waals surface area contributed by atoms with Gasteiger partial charge in [-0.3, -0.25) is 0 Å². The topological polar surface area (TPSA) is 53.2 Å². The van der Waals surface area contributed by atoms with Gasteiger partial charge in [-0.25, -0.2) is 4.39 Å². The van der Waals surface area contributed by atoms with Gasteiger partial charge in [0.2, 0.25) is 0 Å². The zero-order valence-electron chi connectivity index (χ0n) is 9.82. The standard InChI is InChI=1S/C13H16FNO2/c1-10(16)12-6-5-11(14)9-13(12)17-8-4-2-3-7-15/h5-6,9-10,16H,2-4,8H2,1H3/t10-/m0/s1. The van der Waals surface area contributed by atoms with Crippen LogP contribution >= 0.6 is 0 Å². The van der Waals surface area contributed by atoms with Crippen LogP contribution < -0.4 is 4.74 Å². The van der Waals surface area contributed by atoms with Crippen LogP contribution in [0.3, 0.4) is 0 Å². The number of aliphatic hydroxyl groups is 1. The third-order valence-corrected chi connectivity index (χ3v) is 2.37. The number of hydrogen-bond acceptors (Lipinski definition) is 3. The molecule has 0 bridgehead atoms. The van der Waals surface area contributed by atoms with Crippen molar-refractivity contribution in [2.75, 3.05) is 6.61 Å². The highest BCUT2D eigenvalue weighted by Gasteiger charge is 2.10. The second kappa shape index (κ2) is 6.87. The summed E-state index contributed by atoms with van der Waals surface area (Å²) in [6.07, 6.45) is 1.30. The molecule has 1 aromatic carbocycles. The van der Waals surface area contributed by atoms with Crippen molar-refractivity contribution in [3.63, 3.8) is 0 Å². The summed E-state index contributed by atoms with van der Waals surface area (Å²) in [6.45, 7) is 2.03. The number of nitrogens with zero attached hydrogens (tertiary/aromatic N) is 1. The molecule has 0 aliphatic heterocycles. The first-order valence-corrected chi connectivity index (χ1v) is 5.62. The van der Waals surface area contributed by atoms with E-state index in [0.717, 1.165) is 12.8 Å². The van der Waals surface area contributed by atoms with Gasteiger partial charge >= 0.3 is 0 Å². The highest BCUT2D eigenvalue weighted by Crippen LogP contribution is 2.26. The molecule has 0 spiro atoms. The zero-order chi connectivity index (χ0) is 12.7. The van der Waals surface area contributed by atoms with Crippen molar-refractivity contribution >= 4 is 0 Å². The largest absolute Gasteiger partial charge is 0.493 e. The molecular weight excluding hydrogens is 221 g/mol. The van der Waals surface area contributed by atoms with Gasteiger partial charge in [-0.15, -0.1) is 0 Å². The molecule has 0 heterocycles. The lowest BCUT2D eigenvalue weighted by Crippen LogP contribution is -2.02. The van der Waals surface area contributed by atoms with Crippen molar-refractivity contribution in [1.82, 2.24) is 0 Å². The van der Waals surface area contributed by atoms with Crippen molar-refractivity contribution in [3.05, 3.63) is 29.6 Å². The first-order chi connectivity index (χ1) is 8.15. The Morgan fingerprint density at radius 1 is 1.47 bits per heavy atom. The summed E-state index contributed by atoms with van der Waals surface area (Å²) in [5, 5.41) is 17.9. The lowest BCUT2D eigenvalue weighted by atomic mass is 10.1. The van der Waals surface area contributed by atoms with E-state index in [4.69, 9.17) is 10.00 Å². The number of benzene rings is 1. The van der Waals surface area contributed by atoms with E-state index in [0.29, 0.717) is 24.3 Å². The highest BCUT2D eigenvalue weighted by atomic mass is 19.1. The maximum atomic E-state index is 13.0. The Morgan fingerprint density at radius 3 is 2.88 bits per heavy atom. The van der Waals surface area contributed by atoms with Gasteiger partial charge in [0.25, 0.3) is 0 Å². The first kappa shape index (κ1) is 13.5. The van der Waals surface area contributed by atoms with Crippen LogP contribution in [0.15, 0.2) is 18.2 Å². The second-order valence-electron chi connectivity index (χ2n) is 3.82. The molecule has 1 N–H and O–H groups in total. The third-order valence-electron chi connectivity index (χ3n) is 2.37. The van der Waals surface area contributed by atoms with E-state index in [1.165, 1.54) is 18.2 Å². The minimum Gasteiger partial charge on any atom is -0.493 e. The minimum atomic E-state index is -0.690. The fourth-order valence-corrected chi connectivity index (χ4v) is 1.47. The minimum absolute atomic E-state index is 0.372. The van der Waals surface area contributed by atoms with Gasteiger partial charge in [0.05, 0.1) is 18.8 Å². The number of unbranched alkanes of at least 4 members (excludes halogenated alkanes) is 2. The highest BCUT2D eigenvalue weighted by molar-refractivity contribution is 5.35. The molecular formula is C13H16FNO2. The number of nitriles is 1. The van der Waals surface area contributed by atoms with Crippen LogP contribution in [0.2, 0.25) is 0 Å². The number of halogens is 1. The Balaban J connectivity index is 2.57. The smallest absolute Gasteiger partial charge is 0.127 e. The van der Waals surface area contributed by atoms with Crippen LogP contribution in [0, 0.1) is 17.1 Å². The molecule has 0 radical (unpaired) electrons. The molecule has 17 heavy (non-hydrogen) atoms. The predicted octanol–water partition coefficient (Wildman–Crippen LogP) is 2.95. The Bertz CT molecular complexity index is 399. The van der Waals surface area contributed by atoms with Crippen LogP contribution in [-0.2, 0) is 0 Å². The van der Waals surface area contributed by atoms with Crippen molar-refractivity contribution in [1.29, 1.82) is 5.26 Å². The molecule has 3 nitrogen and oxygen atoms in total. The molecule has 4 heteroatoms. The van der Waals surface area contributed by atoms with E-state index in [1.54, 1.807) is 6.92 Å². The number of hydrogen-bond donors (Lipinski definition) is 1. The Hall–Kier alpha value is -1.60. The molecule has 0 aliphatic rings. The summed E-state index contributed by atoms with van der Waals surface area (Å²) < 4.78 is 18.5. The summed E-state index contributed by atoms with van der Waals surface area (Å²) in [5.74, 6) is -0.0154. The van der Waals surface area contributed by atoms with Crippen molar-refractivity contribution in [2.45, 2.75) is 32.3 Å². The molecule has 0 fully saturated rings. The van der Waals surface area contributed by atoms with Crippen LogP contribution in [0.1, 0.15) is 37.9 Å². The van der Waals surface area contributed by atoms with Gasteiger partial charge in [-0.1, -0.05) is 0 Å². The van der Waals surface area contributed by atoms with E-state index in [2.05, 4.69) is 0 Å². The SMILES string of the molecule is C[C@H](O)c1ccc(F)cc1OCCCCC#N. The van der Waals surface area contributed by atoms with Gasteiger partial charge in [-0.2, -0.15) is 5.26 Å². The first-order valence-electron chi connectivity index (χ1n) is 5.62. The van der Waals surface area contributed by atoms with Crippen LogP contribution in [-0.4, -0.2) is 11.7 Å². The fraction of sp³-hybridized carbons (Fsp3) is 0.462. The molecule has 1 rings (SSSR count). The van der Waals surface area contributed by atoms with E-state index in [-0.39, 0.29) is 5.82 Å². The molecule has 0 saturated carbocycles. The molecule has 0 unspecified atom stereocenters. The van der Waals surface area contributed by atoms with E-state index < -0.39 is 6.10 Å². The molecule has 0 aromatic heterocycles. The quantitative estimate of drug-likeness (QED) is 0.774. The van der Waals surface area contributed by atoms with Crippen molar-refractivity contribution in [2.24, 2.45) is 0 Å². The average Bonchev–Trinajstić information content (AvgIpc) is 2.28. The summed E-state index contributed by atoms with van der Waals surface area (Å²) in [6, 6.07) is 6.13. The fourth-order valence-electron chi connectivity index (χ4n) is 1.47. The van der Waals surface area contributed by atoms with Crippen LogP contribution in [0.5, 0.6) is 5.75 Å². The van der Waals surface area contributed by atoms with E-state index in [1.807, 2.05) is 6.07 Å². The second-order valence-corrected chi connectivity index (χ2v) is 3.82. The summed E-state index contributed by atoms with van der Waals surface area (Å²) >= 11 is 0. The Morgan fingerprint density at radius 2 is 2.24 bits per heavy atom. The number of ether oxygens (including phenoxy) is 1. The van der Waals surface area contributed by atoms with Gasteiger partial charge in [0.15, 0.2) is 0 Å². The molecule has 0 amide bonds. The lowest BCUT2D eigenvalue weighted by Gasteiger charge is -2.13. The molecule has 1 aromatic rings. The molecule has 1 atom stereocenters. The zero-order valence-corrected chi connectivity index (χ0v) is 9.82. The van der Waals surface area contributed by atoms with Crippen molar-refractivity contribution in [3.8, 4) is 11.8 Å². The number of rotatable bonds is 6.